The van der Waals surface area contributed by atoms with Crippen molar-refractivity contribution < 1.29 is 28.8 Å². The van der Waals surface area contributed by atoms with Gasteiger partial charge < -0.3 is 40.9 Å². The SMILES string of the molecule is CN[C@@H](C)C(=O)N[C@@H](CC1CCCCC1)C(=O)N1CCC[C@H]1CN(CCc1ccccc1)C(=O)c1ccc(-c2ccc(C(=O)N(CCc3ccccc3)C[C@@H]3CCCN3C(=O)[C@H](CC3CCCCC3)NC(=O)[C@H](C)NC)cc2)cc1. The first-order chi connectivity index (χ1) is 38.9. The molecule has 0 aromatic heterocycles. The van der Waals surface area contributed by atoms with Crippen LogP contribution in [0.1, 0.15) is 148 Å². The fraction of sp³-hybridized carbons (Fsp3) is 0.545. The topological polar surface area (TPSA) is 163 Å². The number of nitrogens with zero attached hydrogens (tertiary/aromatic N) is 4. The van der Waals surface area contributed by atoms with E-state index in [-0.39, 0.29) is 47.5 Å². The number of hydrogen-bond acceptors (Lipinski definition) is 8. The highest BCUT2D eigenvalue weighted by molar-refractivity contribution is 5.96. The van der Waals surface area contributed by atoms with Crippen LogP contribution in [-0.4, -0.2) is 145 Å². The Morgan fingerprint density at radius 1 is 0.475 bits per heavy atom. The van der Waals surface area contributed by atoms with E-state index in [4.69, 9.17) is 0 Å². The van der Waals surface area contributed by atoms with Crippen molar-refractivity contribution in [1.82, 2.24) is 40.9 Å². The summed E-state index contributed by atoms with van der Waals surface area (Å²) in [6, 6.07) is 33.2. The first kappa shape index (κ1) is 59.7. The van der Waals surface area contributed by atoms with Crippen molar-refractivity contribution in [2.75, 3.05) is 53.4 Å². The van der Waals surface area contributed by atoms with Crippen molar-refractivity contribution in [3.05, 3.63) is 131 Å². The Kier molecular flexibility index (Phi) is 22.3. The van der Waals surface area contributed by atoms with Gasteiger partial charge in [-0.1, -0.05) is 149 Å². The molecule has 6 atom stereocenters. The monoisotopic (exact) mass is 1090 g/mol. The van der Waals surface area contributed by atoms with Gasteiger partial charge in [-0.05, 0) is 138 Å². The van der Waals surface area contributed by atoms with E-state index in [9.17, 15) is 28.8 Å². The number of amides is 6. The van der Waals surface area contributed by atoms with Crippen LogP contribution in [0.15, 0.2) is 109 Å². The maximum atomic E-state index is 14.7. The minimum atomic E-state index is -0.613. The summed E-state index contributed by atoms with van der Waals surface area (Å²) < 4.78 is 0. The van der Waals surface area contributed by atoms with Crippen LogP contribution in [0.3, 0.4) is 0 Å². The first-order valence-corrected chi connectivity index (χ1v) is 30.3. The van der Waals surface area contributed by atoms with Gasteiger partial charge in [0.15, 0.2) is 0 Å². The van der Waals surface area contributed by atoms with Crippen LogP contribution >= 0.6 is 0 Å². The van der Waals surface area contributed by atoms with E-state index in [2.05, 4.69) is 45.5 Å². The van der Waals surface area contributed by atoms with Gasteiger partial charge in [-0.15, -0.1) is 0 Å². The number of nitrogens with one attached hydrogen (secondary N) is 4. The number of benzene rings is 4. The molecule has 0 spiro atoms. The number of likely N-dealkylation sites (tertiary alicyclic amines) is 2. The Bertz CT molecular complexity index is 2440. The van der Waals surface area contributed by atoms with Gasteiger partial charge in [-0.2, -0.15) is 0 Å². The van der Waals surface area contributed by atoms with Crippen LogP contribution in [0.2, 0.25) is 0 Å². The largest absolute Gasteiger partial charge is 0.343 e. The first-order valence-electron chi connectivity index (χ1n) is 30.3. The molecule has 4 aliphatic rings. The van der Waals surface area contributed by atoms with E-state index in [1.165, 1.54) is 12.8 Å². The van der Waals surface area contributed by atoms with Gasteiger partial charge in [0.25, 0.3) is 11.8 Å². The predicted octanol–water partition coefficient (Wildman–Crippen LogP) is 8.83. The Hall–Kier alpha value is -6.38. The zero-order valence-electron chi connectivity index (χ0n) is 48.2. The summed E-state index contributed by atoms with van der Waals surface area (Å²) in [5.41, 5.74) is 5.17. The highest BCUT2D eigenvalue weighted by atomic mass is 16.2. The van der Waals surface area contributed by atoms with E-state index < -0.39 is 24.2 Å². The summed E-state index contributed by atoms with van der Waals surface area (Å²) in [6.07, 6.45) is 17.1. The molecule has 8 rings (SSSR count). The summed E-state index contributed by atoms with van der Waals surface area (Å²) in [7, 11) is 3.50. The maximum absolute atomic E-state index is 14.7. The third kappa shape index (κ3) is 16.4. The molecular weight excluding hydrogens is 1000 g/mol. The van der Waals surface area contributed by atoms with Crippen LogP contribution in [0.25, 0.3) is 11.1 Å². The number of hydrogen-bond donors (Lipinski definition) is 4. The Balaban J connectivity index is 0.963. The number of carbonyl (C=O) groups excluding carboxylic acids is 6. The van der Waals surface area contributed by atoms with Crippen molar-refractivity contribution in [2.45, 2.75) is 166 Å². The number of likely N-dealkylation sites (N-methyl/N-ethyl adjacent to an activating group) is 2. The zero-order chi connectivity index (χ0) is 56.4. The van der Waals surface area contributed by atoms with Crippen LogP contribution in [-0.2, 0) is 32.0 Å². The molecule has 2 saturated carbocycles. The Morgan fingerprint density at radius 3 is 1.19 bits per heavy atom. The quantitative estimate of drug-likeness (QED) is 0.0512. The summed E-state index contributed by atoms with van der Waals surface area (Å²) in [5, 5.41) is 12.3. The third-order valence-electron chi connectivity index (χ3n) is 17.8. The highest BCUT2D eigenvalue weighted by Gasteiger charge is 2.39. The van der Waals surface area contributed by atoms with Gasteiger partial charge >= 0.3 is 0 Å². The molecule has 14 heteroatoms. The van der Waals surface area contributed by atoms with Crippen LogP contribution in [0, 0.1) is 11.8 Å². The molecule has 4 aromatic carbocycles. The number of carbonyl (C=O) groups is 6. The summed E-state index contributed by atoms with van der Waals surface area (Å²) in [5.74, 6) is 0.113. The summed E-state index contributed by atoms with van der Waals surface area (Å²) in [6.45, 7) is 6.53. The van der Waals surface area contributed by atoms with E-state index >= 15 is 0 Å². The fourth-order valence-electron chi connectivity index (χ4n) is 12.7. The van der Waals surface area contributed by atoms with Crippen molar-refractivity contribution in [2.24, 2.45) is 11.8 Å². The van der Waals surface area contributed by atoms with Crippen molar-refractivity contribution in [3.63, 3.8) is 0 Å². The molecule has 14 nitrogen and oxygen atoms in total. The van der Waals surface area contributed by atoms with Crippen molar-refractivity contribution in [3.8, 4) is 11.1 Å². The molecule has 4 aromatic rings. The van der Waals surface area contributed by atoms with E-state index in [1.54, 1.807) is 14.1 Å². The molecule has 80 heavy (non-hydrogen) atoms. The number of rotatable bonds is 25. The second-order valence-corrected chi connectivity index (χ2v) is 23.4. The summed E-state index contributed by atoms with van der Waals surface area (Å²) in [4.78, 5) is 92.8. The molecule has 0 radical (unpaired) electrons. The van der Waals surface area contributed by atoms with Gasteiger partial charge in [0.1, 0.15) is 12.1 Å². The second kappa shape index (κ2) is 29.9. The van der Waals surface area contributed by atoms with E-state index in [0.717, 1.165) is 99.3 Å². The standard InChI is InChI=1S/C66H90N8O6/c1-47(67-3)61(75)69-59(43-51-23-13-7-14-24-51)65(79)73-39-17-27-57(73)45-71(41-37-49-19-9-5-10-20-49)63(77)55-33-29-53(30-34-55)54-31-35-56(36-32-54)64(78)72(42-38-50-21-11-6-12-22-50)46-58-28-18-40-74(58)66(80)60(70-62(76)48(2)68-4)44-52-25-15-8-16-26-52/h5-6,9-12,19-22,29-36,47-48,51-52,57-60,67-68H,7-8,13-18,23-28,37-46H2,1-4H3,(H,69,75)(H,70,76)/t47-,48-,57-,58-,59-,60-/m0/s1. The Morgan fingerprint density at radius 2 is 0.838 bits per heavy atom. The average Bonchev–Trinajstić information content (AvgIpc) is 4.19. The molecule has 4 N–H and O–H groups in total. The molecule has 2 saturated heterocycles. The van der Waals surface area contributed by atoms with Gasteiger partial charge in [0.2, 0.25) is 23.6 Å². The summed E-state index contributed by atoms with van der Waals surface area (Å²) >= 11 is 0. The molecule has 430 valence electrons. The smallest absolute Gasteiger partial charge is 0.253 e. The molecule has 2 aliphatic heterocycles. The van der Waals surface area contributed by atoms with E-state index in [0.29, 0.717) is 87.9 Å². The van der Waals surface area contributed by atoms with Crippen LogP contribution in [0.4, 0.5) is 0 Å². The van der Waals surface area contributed by atoms with Gasteiger partial charge in [-0.25, -0.2) is 0 Å². The third-order valence-corrected chi connectivity index (χ3v) is 17.8. The average molecular weight is 1090 g/mol. The lowest BCUT2D eigenvalue weighted by molar-refractivity contribution is -0.138. The molecule has 2 aliphatic carbocycles. The van der Waals surface area contributed by atoms with Crippen LogP contribution in [0.5, 0.6) is 0 Å². The van der Waals surface area contributed by atoms with Gasteiger partial charge in [0.05, 0.1) is 12.1 Å². The molecule has 2 heterocycles. The lowest BCUT2D eigenvalue weighted by atomic mass is 9.84. The normalized spacial score (nSPS) is 19.4. The van der Waals surface area contributed by atoms with Crippen LogP contribution < -0.4 is 21.3 Å². The zero-order valence-corrected chi connectivity index (χ0v) is 48.2. The molecule has 4 fully saturated rings. The lowest BCUT2D eigenvalue weighted by Gasteiger charge is -2.35. The fourth-order valence-corrected chi connectivity index (χ4v) is 12.7. The molecule has 0 unspecified atom stereocenters. The van der Waals surface area contributed by atoms with Crippen molar-refractivity contribution in [1.29, 1.82) is 0 Å². The minimum absolute atomic E-state index is 0.0500. The second-order valence-electron chi connectivity index (χ2n) is 23.4. The van der Waals surface area contributed by atoms with Gasteiger partial charge in [0, 0.05) is 62.5 Å². The highest BCUT2D eigenvalue weighted by Crippen LogP contribution is 2.32. The van der Waals surface area contributed by atoms with E-state index in [1.807, 2.05) is 118 Å². The van der Waals surface area contributed by atoms with Crippen molar-refractivity contribution >= 4 is 35.4 Å². The lowest BCUT2D eigenvalue weighted by Crippen LogP contribution is -2.55. The van der Waals surface area contributed by atoms with Gasteiger partial charge in [-0.3, -0.25) is 28.8 Å². The predicted molar refractivity (Wildman–Crippen MR) is 317 cm³/mol. The maximum Gasteiger partial charge on any atom is 0.253 e. The molecule has 6 amide bonds. The Labute approximate surface area is 476 Å². The molecule has 0 bridgehead atoms. The molecular formula is C66H90N8O6. The minimum Gasteiger partial charge on any atom is -0.343 e.